The van der Waals surface area contributed by atoms with E-state index in [0.717, 1.165) is 0 Å². The summed E-state index contributed by atoms with van der Waals surface area (Å²) in [6.07, 6.45) is 3.13. The maximum Gasteiger partial charge on any atom is 0.337 e. The predicted octanol–water partition coefficient (Wildman–Crippen LogP) is 2.72. The summed E-state index contributed by atoms with van der Waals surface area (Å²) in [4.78, 5) is 31.3. The van der Waals surface area contributed by atoms with Crippen molar-refractivity contribution in [3.05, 3.63) is 85.1 Å². The summed E-state index contributed by atoms with van der Waals surface area (Å²) in [5.74, 6) is 0.964. The van der Waals surface area contributed by atoms with Crippen molar-refractivity contribution in [2.24, 2.45) is 4.99 Å². The lowest BCUT2D eigenvalue weighted by Gasteiger charge is -2.23. The Hall–Kier alpha value is -4.36. The molecular formula is C27H25N3O6S. The standard InChI is InChI=1S/C27H25N3O6S/c1-4-34-21-11-10-18(14-22(21)35-5-2)24-19(26(32)33-3)16-29-27-30(24)25(31)23(37-27)15-17-8-6-7-9-20(17)36-13-12-28/h6-11,14-16,24H,4-5,13H2,1-3H3/b23-15-/t24-/m1/s1. The highest BCUT2D eigenvalue weighted by molar-refractivity contribution is 7.07. The van der Waals surface area contributed by atoms with Crippen LogP contribution in [0.1, 0.15) is 31.0 Å². The lowest BCUT2D eigenvalue weighted by Crippen LogP contribution is -2.39. The number of aromatic nitrogens is 1. The quantitative estimate of drug-likeness (QED) is 0.400. The third-order valence-electron chi connectivity index (χ3n) is 5.51. The molecule has 1 aromatic heterocycles. The highest BCUT2D eigenvalue weighted by atomic mass is 32.1. The maximum atomic E-state index is 13.7. The molecule has 0 saturated heterocycles. The van der Waals surface area contributed by atoms with Gasteiger partial charge in [0.15, 0.2) is 22.9 Å². The molecule has 0 bridgehead atoms. The van der Waals surface area contributed by atoms with Gasteiger partial charge in [0.1, 0.15) is 11.8 Å². The van der Waals surface area contributed by atoms with E-state index in [2.05, 4.69) is 4.99 Å². The van der Waals surface area contributed by atoms with E-state index < -0.39 is 12.0 Å². The van der Waals surface area contributed by atoms with Gasteiger partial charge in [0.05, 0.1) is 36.5 Å². The summed E-state index contributed by atoms with van der Waals surface area (Å²) in [6.45, 7) is 4.50. The Labute approximate surface area is 217 Å². The van der Waals surface area contributed by atoms with Gasteiger partial charge in [-0.2, -0.15) is 5.26 Å². The minimum Gasteiger partial charge on any atom is -0.490 e. The van der Waals surface area contributed by atoms with Crippen LogP contribution in [0.5, 0.6) is 17.2 Å². The molecule has 10 heteroatoms. The van der Waals surface area contributed by atoms with E-state index in [-0.39, 0.29) is 17.7 Å². The number of nitrogens with zero attached hydrogens (tertiary/aromatic N) is 3. The minimum atomic E-state index is -0.786. The first kappa shape index (κ1) is 25.7. The van der Waals surface area contributed by atoms with Gasteiger partial charge in [0.25, 0.3) is 5.56 Å². The van der Waals surface area contributed by atoms with Crippen molar-refractivity contribution in [3.63, 3.8) is 0 Å². The number of hydrogen-bond acceptors (Lipinski definition) is 9. The van der Waals surface area contributed by atoms with Crippen LogP contribution in [-0.4, -0.2) is 37.5 Å². The number of fused-ring (bicyclic) bond motifs is 1. The first-order valence-corrected chi connectivity index (χ1v) is 12.4. The lowest BCUT2D eigenvalue weighted by atomic mass is 9.97. The van der Waals surface area contributed by atoms with Crippen LogP contribution in [0.3, 0.4) is 0 Å². The molecule has 1 aliphatic rings. The zero-order valence-electron chi connectivity index (χ0n) is 20.6. The number of esters is 1. The second-order valence-electron chi connectivity index (χ2n) is 7.73. The first-order valence-electron chi connectivity index (χ1n) is 11.6. The van der Waals surface area contributed by atoms with Gasteiger partial charge in [-0.15, -0.1) is 0 Å². The largest absolute Gasteiger partial charge is 0.490 e. The van der Waals surface area contributed by atoms with Crippen LogP contribution < -0.4 is 29.1 Å². The van der Waals surface area contributed by atoms with E-state index >= 15 is 0 Å². The van der Waals surface area contributed by atoms with Crippen LogP contribution in [0, 0.1) is 11.3 Å². The number of methoxy groups -OCH3 is 1. The van der Waals surface area contributed by atoms with E-state index in [1.165, 1.54) is 29.2 Å². The van der Waals surface area contributed by atoms with Crippen LogP contribution in [0.4, 0.5) is 0 Å². The van der Waals surface area contributed by atoms with E-state index in [0.29, 0.717) is 50.9 Å². The van der Waals surface area contributed by atoms with Gasteiger partial charge in [-0.1, -0.05) is 35.6 Å². The van der Waals surface area contributed by atoms with Crippen LogP contribution in [0.15, 0.2) is 64.0 Å². The molecule has 190 valence electrons. The molecule has 0 unspecified atom stereocenters. The number of nitriles is 1. The summed E-state index contributed by atoms with van der Waals surface area (Å²) in [7, 11) is 1.29. The third-order valence-corrected chi connectivity index (χ3v) is 6.50. The Morgan fingerprint density at radius 1 is 1.11 bits per heavy atom. The number of hydrogen-bond donors (Lipinski definition) is 0. The minimum absolute atomic E-state index is 0.117. The molecule has 0 N–H and O–H groups in total. The molecule has 0 fully saturated rings. The number of carbonyl (C=O) groups excluding carboxylic acids is 1. The molecule has 3 aromatic rings. The van der Waals surface area contributed by atoms with Crippen LogP contribution in [0.25, 0.3) is 6.08 Å². The van der Waals surface area contributed by atoms with Gasteiger partial charge < -0.3 is 18.9 Å². The fourth-order valence-corrected chi connectivity index (χ4v) is 4.93. The fourth-order valence-electron chi connectivity index (χ4n) is 3.97. The molecule has 0 spiro atoms. The number of thiazole rings is 1. The average Bonchev–Trinajstić information content (AvgIpc) is 3.23. The summed E-state index contributed by atoms with van der Waals surface area (Å²) < 4.78 is 23.8. The molecule has 4 rings (SSSR count). The molecule has 1 atom stereocenters. The average molecular weight is 520 g/mol. The van der Waals surface area contributed by atoms with Gasteiger partial charge in [-0.25, -0.2) is 9.79 Å². The van der Waals surface area contributed by atoms with E-state index in [1.54, 1.807) is 42.5 Å². The van der Waals surface area contributed by atoms with Gasteiger partial charge >= 0.3 is 5.97 Å². The van der Waals surface area contributed by atoms with Gasteiger partial charge in [0.2, 0.25) is 0 Å². The van der Waals surface area contributed by atoms with Crippen molar-refractivity contribution in [1.29, 1.82) is 5.26 Å². The monoisotopic (exact) mass is 519 g/mol. The molecule has 0 aliphatic carbocycles. The van der Waals surface area contributed by atoms with Crippen molar-refractivity contribution in [2.45, 2.75) is 19.9 Å². The molecule has 1 aliphatic heterocycles. The second kappa shape index (κ2) is 11.6. The van der Waals surface area contributed by atoms with E-state index in [4.69, 9.17) is 24.2 Å². The first-order chi connectivity index (χ1) is 18.0. The third kappa shape index (κ3) is 5.27. The maximum absolute atomic E-state index is 13.7. The Morgan fingerprint density at radius 2 is 1.86 bits per heavy atom. The molecule has 9 nitrogen and oxygen atoms in total. The summed E-state index contributed by atoms with van der Waals surface area (Å²) in [5.41, 5.74) is 1.17. The number of rotatable bonds is 9. The van der Waals surface area contributed by atoms with Crippen LogP contribution in [-0.2, 0) is 9.53 Å². The normalized spacial score (nSPS) is 14.6. The summed E-state index contributed by atoms with van der Waals surface area (Å²) in [5, 5.41) is 8.88. The molecule has 0 radical (unpaired) electrons. The number of benzene rings is 2. The van der Waals surface area contributed by atoms with E-state index in [9.17, 15) is 9.59 Å². The number of ether oxygens (including phenoxy) is 4. The predicted molar refractivity (Wildman–Crippen MR) is 137 cm³/mol. The van der Waals surface area contributed by atoms with Gasteiger partial charge in [-0.3, -0.25) is 9.36 Å². The van der Waals surface area contributed by atoms with Crippen molar-refractivity contribution in [3.8, 4) is 23.3 Å². The van der Waals surface area contributed by atoms with Crippen molar-refractivity contribution < 1.29 is 23.7 Å². The zero-order valence-corrected chi connectivity index (χ0v) is 21.4. The smallest absolute Gasteiger partial charge is 0.337 e. The van der Waals surface area contributed by atoms with Crippen LogP contribution >= 0.6 is 11.3 Å². The van der Waals surface area contributed by atoms with Crippen molar-refractivity contribution >= 4 is 23.4 Å². The Kier molecular flexibility index (Phi) is 8.05. The zero-order chi connectivity index (χ0) is 26.4. The fraction of sp³-hybridized carbons (Fsp3) is 0.259. The lowest BCUT2D eigenvalue weighted by molar-refractivity contribution is -0.136. The summed E-state index contributed by atoms with van der Waals surface area (Å²) in [6, 6.07) is 13.6. The SMILES string of the molecule is CCOc1ccc([C@@H]2C(C(=O)OC)=CN=c3s/c(=C\c4ccccc4OCC#N)c(=O)n32)cc1OCC. The molecule has 0 amide bonds. The van der Waals surface area contributed by atoms with Gasteiger partial charge in [0, 0.05) is 11.8 Å². The topological polar surface area (TPSA) is 112 Å². The molecular weight excluding hydrogens is 494 g/mol. The Balaban J connectivity index is 1.89. The summed E-state index contributed by atoms with van der Waals surface area (Å²) >= 11 is 1.19. The van der Waals surface area contributed by atoms with E-state index in [1.807, 2.05) is 26.0 Å². The molecule has 0 saturated carbocycles. The molecule has 2 heterocycles. The second-order valence-corrected chi connectivity index (χ2v) is 8.74. The highest BCUT2D eigenvalue weighted by Crippen LogP contribution is 2.35. The van der Waals surface area contributed by atoms with Crippen molar-refractivity contribution in [1.82, 2.24) is 4.57 Å². The number of carbonyl (C=O) groups is 1. The van der Waals surface area contributed by atoms with Crippen molar-refractivity contribution in [2.75, 3.05) is 26.9 Å². The number of para-hydroxylation sites is 1. The molecule has 2 aromatic carbocycles. The Bertz CT molecular complexity index is 1560. The molecule has 37 heavy (non-hydrogen) atoms. The van der Waals surface area contributed by atoms with Crippen LogP contribution in [0.2, 0.25) is 0 Å². The highest BCUT2D eigenvalue weighted by Gasteiger charge is 2.31. The Morgan fingerprint density at radius 3 is 2.59 bits per heavy atom. The van der Waals surface area contributed by atoms with Gasteiger partial charge in [-0.05, 0) is 43.7 Å².